The van der Waals surface area contributed by atoms with Crippen LogP contribution in [0.5, 0.6) is 11.5 Å². The molecule has 2 aliphatic rings. The number of benzene rings is 1. The van der Waals surface area contributed by atoms with Gasteiger partial charge in [0, 0.05) is 44.8 Å². The highest BCUT2D eigenvalue weighted by Gasteiger charge is 2.15. The van der Waals surface area contributed by atoms with Gasteiger partial charge in [0.25, 0.3) is 5.91 Å². The third kappa shape index (κ3) is 3.65. The van der Waals surface area contributed by atoms with Gasteiger partial charge < -0.3 is 20.1 Å². The minimum atomic E-state index is -0.0675. The fourth-order valence-corrected chi connectivity index (χ4v) is 2.55. The number of amides is 1. The van der Waals surface area contributed by atoms with Gasteiger partial charge in [-0.05, 0) is 18.2 Å². The molecule has 1 aromatic rings. The minimum Gasteiger partial charge on any atom is -0.486 e. The Labute approximate surface area is 124 Å². The maximum Gasteiger partial charge on any atom is 0.251 e. The van der Waals surface area contributed by atoms with Crippen LogP contribution in [0.1, 0.15) is 10.4 Å². The molecule has 1 saturated heterocycles. The van der Waals surface area contributed by atoms with E-state index < -0.39 is 0 Å². The number of hydrogen-bond donors (Lipinski definition) is 2. The van der Waals surface area contributed by atoms with Crippen LogP contribution in [0.4, 0.5) is 0 Å². The first kappa shape index (κ1) is 14.2. The van der Waals surface area contributed by atoms with Gasteiger partial charge in [-0.1, -0.05) is 0 Å². The van der Waals surface area contributed by atoms with Crippen molar-refractivity contribution in [1.82, 2.24) is 15.5 Å². The monoisotopic (exact) mass is 291 g/mol. The van der Waals surface area contributed by atoms with Gasteiger partial charge in [-0.25, -0.2) is 0 Å². The van der Waals surface area contributed by atoms with E-state index in [-0.39, 0.29) is 5.91 Å². The lowest BCUT2D eigenvalue weighted by Gasteiger charge is -2.27. The largest absolute Gasteiger partial charge is 0.486 e. The second-order valence-electron chi connectivity index (χ2n) is 5.21. The van der Waals surface area contributed by atoms with Gasteiger partial charge in [0.05, 0.1) is 0 Å². The zero-order valence-corrected chi connectivity index (χ0v) is 12.1. The van der Waals surface area contributed by atoms with E-state index in [0.717, 1.165) is 32.7 Å². The molecule has 1 fully saturated rings. The predicted octanol–water partition coefficient (Wildman–Crippen LogP) is 0.0928. The standard InChI is InChI=1S/C15H21N3O3/c19-15(17-5-8-18-6-3-16-4-7-18)12-1-2-13-14(11-12)21-10-9-20-13/h1-2,11,16H,3-10H2,(H,17,19). The van der Waals surface area contributed by atoms with Gasteiger partial charge in [-0.3, -0.25) is 9.69 Å². The molecule has 1 aromatic carbocycles. The number of nitrogens with one attached hydrogen (secondary N) is 2. The van der Waals surface area contributed by atoms with Crippen LogP contribution in [0.2, 0.25) is 0 Å². The van der Waals surface area contributed by atoms with Crippen molar-refractivity contribution in [2.24, 2.45) is 0 Å². The number of fused-ring (bicyclic) bond motifs is 1. The molecular formula is C15H21N3O3. The quantitative estimate of drug-likeness (QED) is 0.823. The van der Waals surface area contributed by atoms with Crippen LogP contribution in [0.3, 0.4) is 0 Å². The van der Waals surface area contributed by atoms with Crippen molar-refractivity contribution in [3.05, 3.63) is 23.8 Å². The lowest BCUT2D eigenvalue weighted by molar-refractivity contribution is 0.0946. The van der Waals surface area contributed by atoms with E-state index >= 15 is 0 Å². The second kappa shape index (κ2) is 6.78. The molecule has 0 radical (unpaired) electrons. The summed E-state index contributed by atoms with van der Waals surface area (Å²) in [7, 11) is 0. The van der Waals surface area contributed by atoms with Crippen LogP contribution in [0.25, 0.3) is 0 Å². The molecule has 0 unspecified atom stereocenters. The van der Waals surface area contributed by atoms with Crippen molar-refractivity contribution >= 4 is 5.91 Å². The Morgan fingerprint density at radius 3 is 2.76 bits per heavy atom. The van der Waals surface area contributed by atoms with Crippen LogP contribution < -0.4 is 20.1 Å². The molecule has 0 saturated carbocycles. The average Bonchev–Trinajstić information content (AvgIpc) is 2.55. The molecular weight excluding hydrogens is 270 g/mol. The Kier molecular flexibility index (Phi) is 4.57. The first-order valence-electron chi connectivity index (χ1n) is 7.44. The lowest BCUT2D eigenvalue weighted by Crippen LogP contribution is -2.46. The summed E-state index contributed by atoms with van der Waals surface area (Å²) in [6.45, 7) is 6.77. The molecule has 3 rings (SSSR count). The van der Waals surface area contributed by atoms with E-state index in [9.17, 15) is 4.79 Å². The Hall–Kier alpha value is -1.79. The lowest BCUT2D eigenvalue weighted by atomic mass is 10.2. The number of carbonyl (C=O) groups is 1. The maximum atomic E-state index is 12.1. The number of nitrogens with zero attached hydrogens (tertiary/aromatic N) is 1. The zero-order chi connectivity index (χ0) is 14.5. The van der Waals surface area contributed by atoms with E-state index in [1.165, 1.54) is 0 Å². The number of piperazine rings is 1. The van der Waals surface area contributed by atoms with Crippen molar-refractivity contribution in [2.45, 2.75) is 0 Å². The van der Waals surface area contributed by atoms with Crippen molar-refractivity contribution in [3.63, 3.8) is 0 Å². The molecule has 2 aliphatic heterocycles. The molecule has 2 N–H and O–H groups in total. The summed E-state index contributed by atoms with van der Waals surface area (Å²) < 4.78 is 10.9. The van der Waals surface area contributed by atoms with Gasteiger partial charge in [0.2, 0.25) is 0 Å². The molecule has 6 heteroatoms. The van der Waals surface area contributed by atoms with Crippen molar-refractivity contribution in [3.8, 4) is 11.5 Å². The second-order valence-corrected chi connectivity index (χ2v) is 5.21. The molecule has 114 valence electrons. The molecule has 2 heterocycles. The summed E-state index contributed by atoms with van der Waals surface area (Å²) in [6.07, 6.45) is 0. The van der Waals surface area contributed by atoms with E-state index in [2.05, 4.69) is 15.5 Å². The van der Waals surface area contributed by atoms with Gasteiger partial charge in [-0.2, -0.15) is 0 Å². The summed E-state index contributed by atoms with van der Waals surface area (Å²) in [5.74, 6) is 1.29. The minimum absolute atomic E-state index is 0.0675. The normalized spacial score (nSPS) is 18.3. The van der Waals surface area contributed by atoms with Crippen LogP contribution in [-0.2, 0) is 0 Å². The molecule has 0 spiro atoms. The number of ether oxygens (including phenoxy) is 2. The Balaban J connectivity index is 1.50. The maximum absolute atomic E-state index is 12.1. The van der Waals surface area contributed by atoms with E-state index in [1.54, 1.807) is 18.2 Å². The fourth-order valence-electron chi connectivity index (χ4n) is 2.55. The molecule has 0 atom stereocenters. The number of carbonyl (C=O) groups excluding carboxylic acids is 1. The van der Waals surface area contributed by atoms with Crippen LogP contribution in [-0.4, -0.2) is 63.3 Å². The van der Waals surface area contributed by atoms with E-state index in [4.69, 9.17) is 9.47 Å². The first-order chi connectivity index (χ1) is 10.3. The molecule has 6 nitrogen and oxygen atoms in total. The Bertz CT molecular complexity index is 501. The van der Waals surface area contributed by atoms with Crippen molar-refractivity contribution in [1.29, 1.82) is 0 Å². The molecule has 0 aromatic heterocycles. The highest BCUT2D eigenvalue weighted by molar-refractivity contribution is 5.94. The predicted molar refractivity (Wildman–Crippen MR) is 79.1 cm³/mol. The number of hydrogen-bond acceptors (Lipinski definition) is 5. The van der Waals surface area contributed by atoms with Crippen molar-refractivity contribution in [2.75, 3.05) is 52.5 Å². The van der Waals surface area contributed by atoms with Crippen molar-refractivity contribution < 1.29 is 14.3 Å². The fraction of sp³-hybridized carbons (Fsp3) is 0.533. The van der Waals surface area contributed by atoms with Gasteiger partial charge >= 0.3 is 0 Å². The highest BCUT2D eigenvalue weighted by Crippen LogP contribution is 2.30. The van der Waals surface area contributed by atoms with Gasteiger partial charge in [0.1, 0.15) is 13.2 Å². The highest BCUT2D eigenvalue weighted by atomic mass is 16.6. The SMILES string of the molecule is O=C(NCCN1CCNCC1)c1ccc2c(c1)OCCO2. The van der Waals surface area contributed by atoms with Gasteiger partial charge in [0.15, 0.2) is 11.5 Å². The summed E-state index contributed by atoms with van der Waals surface area (Å²) in [4.78, 5) is 14.5. The summed E-state index contributed by atoms with van der Waals surface area (Å²) in [5.41, 5.74) is 0.611. The Morgan fingerprint density at radius 1 is 1.19 bits per heavy atom. The third-order valence-corrected chi connectivity index (χ3v) is 3.73. The van der Waals surface area contributed by atoms with Gasteiger partial charge in [-0.15, -0.1) is 0 Å². The first-order valence-corrected chi connectivity index (χ1v) is 7.44. The smallest absolute Gasteiger partial charge is 0.251 e. The molecule has 1 amide bonds. The topological polar surface area (TPSA) is 62.8 Å². The average molecular weight is 291 g/mol. The van der Waals surface area contributed by atoms with E-state index in [1.807, 2.05) is 0 Å². The Morgan fingerprint density at radius 2 is 1.95 bits per heavy atom. The van der Waals surface area contributed by atoms with Crippen LogP contribution >= 0.6 is 0 Å². The third-order valence-electron chi connectivity index (χ3n) is 3.73. The van der Waals surface area contributed by atoms with Crippen LogP contribution in [0, 0.1) is 0 Å². The summed E-state index contributed by atoms with van der Waals surface area (Å²) in [5, 5.41) is 6.27. The zero-order valence-electron chi connectivity index (χ0n) is 12.1. The summed E-state index contributed by atoms with van der Waals surface area (Å²) >= 11 is 0. The molecule has 0 aliphatic carbocycles. The molecule has 0 bridgehead atoms. The number of rotatable bonds is 4. The summed E-state index contributed by atoms with van der Waals surface area (Å²) in [6, 6.07) is 5.31. The van der Waals surface area contributed by atoms with Crippen LogP contribution in [0.15, 0.2) is 18.2 Å². The molecule has 21 heavy (non-hydrogen) atoms. The van der Waals surface area contributed by atoms with E-state index in [0.29, 0.717) is 36.8 Å².